The number of hydrogen-bond donors (Lipinski definition) is 3. The molecular weight excluding hydrogens is 631 g/mol. The molecule has 3 aromatic carbocycles. The molecule has 3 heterocycles. The molecule has 1 saturated heterocycles. The minimum Gasteiger partial charge on any atom is -0.497 e. The summed E-state index contributed by atoms with van der Waals surface area (Å²) in [5.74, 6) is 1.78. The lowest BCUT2D eigenvalue weighted by atomic mass is 10.1. The van der Waals surface area contributed by atoms with Crippen LogP contribution in [0.4, 0.5) is 17.1 Å². The quantitative estimate of drug-likeness (QED) is 0.276. The van der Waals surface area contributed by atoms with Gasteiger partial charge < -0.3 is 29.6 Å². The van der Waals surface area contributed by atoms with Gasteiger partial charge in [0.1, 0.15) is 17.4 Å². The number of methoxy groups -OCH3 is 1. The molecule has 13 nitrogen and oxygen atoms in total. The third-order valence-electron chi connectivity index (χ3n) is 7.80. The van der Waals surface area contributed by atoms with Crippen molar-refractivity contribution in [2.24, 2.45) is 4.99 Å². The lowest BCUT2D eigenvalue weighted by Gasteiger charge is -2.38. The topological polar surface area (TPSA) is 145 Å². The lowest BCUT2D eigenvalue weighted by molar-refractivity contribution is 0.0628. The number of ether oxygens (including phenoxy) is 2. The van der Waals surface area contributed by atoms with E-state index in [2.05, 4.69) is 15.0 Å². The molecule has 6 rings (SSSR count). The summed E-state index contributed by atoms with van der Waals surface area (Å²) in [5, 5.41) is 0. The highest BCUT2D eigenvalue weighted by Gasteiger charge is 2.35. The van der Waals surface area contributed by atoms with Crippen LogP contribution < -0.4 is 24.6 Å². The van der Waals surface area contributed by atoms with Crippen molar-refractivity contribution >= 4 is 43.1 Å². The fraction of sp³-hybridized carbons (Fsp3) is 0.323. The number of nitrogens with one attached hydrogen (secondary N) is 3. The molecule has 46 heavy (non-hydrogen) atoms. The van der Waals surface area contributed by atoms with Crippen LogP contribution in [0.3, 0.4) is 0 Å². The van der Waals surface area contributed by atoms with Crippen LogP contribution in [0.15, 0.2) is 89.2 Å². The highest BCUT2D eigenvalue weighted by atomic mass is 32.2. The van der Waals surface area contributed by atoms with E-state index in [9.17, 15) is 16.8 Å². The monoisotopic (exact) mass is 667 g/mol. The molecule has 3 aromatic rings. The van der Waals surface area contributed by atoms with Crippen LogP contribution in [0.1, 0.15) is 6.42 Å². The third-order valence-corrected chi connectivity index (χ3v) is 9.47. The number of sulfonamides is 2. The highest BCUT2D eigenvalue weighted by molar-refractivity contribution is 7.92. The molecule has 3 aliphatic rings. The van der Waals surface area contributed by atoms with Crippen LogP contribution in [0, 0.1) is 0 Å². The second kappa shape index (κ2) is 13.2. The van der Waals surface area contributed by atoms with E-state index in [4.69, 9.17) is 14.5 Å². The molecule has 0 spiro atoms. The summed E-state index contributed by atoms with van der Waals surface area (Å²) in [6.45, 7) is 3.21. The maximum Gasteiger partial charge on any atom is 0.246 e. The molecule has 0 saturated carbocycles. The molecule has 0 radical (unpaired) electrons. The largest absolute Gasteiger partial charge is 0.497 e. The second-order valence-corrected chi connectivity index (χ2v) is 14.7. The Morgan fingerprint density at radius 1 is 0.891 bits per heavy atom. The predicted molar refractivity (Wildman–Crippen MR) is 179 cm³/mol. The first-order valence-corrected chi connectivity index (χ1v) is 18.3. The Hall–Kier alpha value is -4.31. The van der Waals surface area contributed by atoms with E-state index in [1.54, 1.807) is 30.2 Å². The van der Waals surface area contributed by atoms with Gasteiger partial charge >= 0.3 is 0 Å². The summed E-state index contributed by atoms with van der Waals surface area (Å²) in [6.07, 6.45) is 1.81. The van der Waals surface area contributed by atoms with Crippen molar-refractivity contribution in [1.82, 2.24) is 14.6 Å². The summed E-state index contributed by atoms with van der Waals surface area (Å²) in [6, 6.07) is 22.3. The van der Waals surface area contributed by atoms with Gasteiger partial charge in [0.15, 0.2) is 0 Å². The van der Waals surface area contributed by atoms with Crippen LogP contribution in [-0.4, -0.2) is 91.2 Å². The SMILES string of the molecule is COc1cccc(-c2ccc(NNS(=O)(=O)CN3CC4=C(N=C3N3CCOCC3)N(c3cccc(NS(C)(=O)=O)c3)CC4)cc2)c1. The van der Waals surface area contributed by atoms with Gasteiger partial charge in [-0.15, -0.1) is 4.83 Å². The van der Waals surface area contributed by atoms with Crippen molar-refractivity contribution in [1.29, 1.82) is 0 Å². The first-order chi connectivity index (χ1) is 22.1. The van der Waals surface area contributed by atoms with Gasteiger partial charge in [-0.2, -0.15) is 4.99 Å². The number of hydrazine groups is 1. The average molecular weight is 668 g/mol. The molecule has 3 aliphatic heterocycles. The molecule has 0 unspecified atom stereocenters. The van der Waals surface area contributed by atoms with Crippen molar-refractivity contribution in [2.45, 2.75) is 6.42 Å². The number of nitrogens with zero attached hydrogens (tertiary/aromatic N) is 4. The van der Waals surface area contributed by atoms with E-state index >= 15 is 0 Å². The predicted octanol–water partition coefficient (Wildman–Crippen LogP) is 3.06. The minimum atomic E-state index is -3.83. The molecule has 244 valence electrons. The summed E-state index contributed by atoms with van der Waals surface area (Å²) in [5.41, 5.74) is 7.66. The molecule has 15 heteroatoms. The van der Waals surface area contributed by atoms with E-state index in [0.717, 1.165) is 40.2 Å². The number of aliphatic imine (C=N–C) groups is 1. The fourth-order valence-electron chi connectivity index (χ4n) is 5.67. The van der Waals surface area contributed by atoms with Crippen LogP contribution in [0.2, 0.25) is 0 Å². The Morgan fingerprint density at radius 2 is 1.65 bits per heavy atom. The number of morpholine rings is 1. The van der Waals surface area contributed by atoms with Crippen molar-refractivity contribution < 1.29 is 26.3 Å². The van der Waals surface area contributed by atoms with Gasteiger partial charge in [0, 0.05) is 37.6 Å². The van der Waals surface area contributed by atoms with E-state index in [-0.39, 0.29) is 5.88 Å². The molecule has 1 fully saturated rings. The van der Waals surface area contributed by atoms with Crippen molar-refractivity contribution in [2.75, 3.05) is 73.7 Å². The molecule has 0 atom stereocenters. The van der Waals surface area contributed by atoms with Crippen molar-refractivity contribution in [3.63, 3.8) is 0 Å². The van der Waals surface area contributed by atoms with Gasteiger partial charge in [-0.3, -0.25) is 4.72 Å². The zero-order valence-electron chi connectivity index (χ0n) is 25.6. The molecule has 0 aliphatic carbocycles. The molecule has 0 amide bonds. The first kappa shape index (κ1) is 31.7. The number of guanidine groups is 1. The van der Waals surface area contributed by atoms with E-state index in [0.29, 0.717) is 63.1 Å². The Morgan fingerprint density at radius 3 is 2.39 bits per heavy atom. The lowest BCUT2D eigenvalue weighted by Crippen LogP contribution is -2.53. The van der Waals surface area contributed by atoms with E-state index in [1.165, 1.54) is 0 Å². The summed E-state index contributed by atoms with van der Waals surface area (Å²) in [7, 11) is -5.64. The summed E-state index contributed by atoms with van der Waals surface area (Å²) < 4.78 is 63.8. The Balaban J connectivity index is 1.17. The Kier molecular flexibility index (Phi) is 9.08. The van der Waals surface area contributed by atoms with E-state index in [1.807, 2.05) is 64.4 Å². The minimum absolute atomic E-state index is 0.303. The highest BCUT2D eigenvalue weighted by Crippen LogP contribution is 2.35. The molecule has 0 aromatic heterocycles. The molecule has 0 bridgehead atoms. The van der Waals surface area contributed by atoms with Crippen LogP contribution in [0.5, 0.6) is 5.75 Å². The van der Waals surface area contributed by atoms with Crippen LogP contribution >= 0.6 is 0 Å². The zero-order valence-corrected chi connectivity index (χ0v) is 27.3. The summed E-state index contributed by atoms with van der Waals surface area (Å²) in [4.78, 5) is 13.4. The normalized spacial score (nSPS) is 17.1. The maximum atomic E-state index is 13.4. The molecular formula is C31H37N7O6S2. The number of rotatable bonds is 10. The third kappa shape index (κ3) is 7.55. The van der Waals surface area contributed by atoms with Gasteiger partial charge in [-0.25, -0.2) is 16.8 Å². The van der Waals surface area contributed by atoms with Crippen molar-refractivity contribution in [3.8, 4) is 16.9 Å². The smallest absolute Gasteiger partial charge is 0.246 e. The van der Waals surface area contributed by atoms with Gasteiger partial charge in [0.05, 0.1) is 32.3 Å². The fourth-order valence-corrected chi connectivity index (χ4v) is 7.18. The van der Waals surface area contributed by atoms with E-state index < -0.39 is 20.0 Å². The second-order valence-electron chi connectivity index (χ2n) is 11.2. The number of benzene rings is 3. The standard InChI is InChI=1S/C31H37N7O6S2/c1-43-29-8-3-5-24(19-29)23-9-11-26(12-10-23)33-35-46(41,42)22-37-21-25-13-14-38(28-7-4-6-27(20-28)34-45(2,39)40)30(25)32-31(37)36-15-17-44-18-16-36/h3-12,19-20,33-35H,13-18,21-22H2,1-2H3. The molecule has 3 N–H and O–H groups in total. The maximum absolute atomic E-state index is 13.4. The average Bonchev–Trinajstić information content (AvgIpc) is 3.46. The number of hydrogen-bond acceptors (Lipinski definition) is 11. The van der Waals surface area contributed by atoms with Crippen molar-refractivity contribution in [3.05, 3.63) is 84.2 Å². The van der Waals surface area contributed by atoms with Gasteiger partial charge in [0.2, 0.25) is 26.0 Å². The number of anilines is 3. The van der Waals surface area contributed by atoms with Gasteiger partial charge in [-0.1, -0.05) is 30.3 Å². The van der Waals surface area contributed by atoms with Gasteiger partial charge in [-0.05, 0) is 65.6 Å². The first-order valence-electron chi connectivity index (χ1n) is 14.8. The van der Waals surface area contributed by atoms with Gasteiger partial charge in [0.25, 0.3) is 0 Å². The Labute approximate surface area is 269 Å². The zero-order chi connectivity index (χ0) is 32.3. The van der Waals surface area contributed by atoms with Crippen LogP contribution in [-0.2, 0) is 24.8 Å². The Bertz CT molecular complexity index is 1860. The summed E-state index contributed by atoms with van der Waals surface area (Å²) >= 11 is 0. The van der Waals surface area contributed by atoms with Crippen LogP contribution in [0.25, 0.3) is 11.1 Å².